The molecule has 2 aromatic rings. The molecule has 0 aromatic heterocycles. The van der Waals surface area contributed by atoms with Gasteiger partial charge in [-0.2, -0.15) is 16.8 Å². The van der Waals surface area contributed by atoms with Crippen molar-refractivity contribution in [1.82, 2.24) is 0 Å². The van der Waals surface area contributed by atoms with Gasteiger partial charge >= 0.3 is 20.6 Å². The summed E-state index contributed by atoms with van der Waals surface area (Å²) < 4.78 is 67.7. The molecular formula is C16H10N2O8S2. The summed E-state index contributed by atoms with van der Waals surface area (Å²) in [4.78, 5) is 25.8. The molecule has 0 unspecified atom stereocenters. The van der Waals surface area contributed by atoms with Crippen LogP contribution < -0.4 is 8.61 Å². The number of Topliss-reactive ketones (excluding diaryl/α,β-unsaturated/α-hetero) is 2. The van der Waals surface area contributed by atoms with Crippen molar-refractivity contribution in [1.29, 1.82) is 0 Å². The number of hydrogen-bond acceptors (Lipinski definition) is 6. The van der Waals surface area contributed by atoms with Crippen molar-refractivity contribution >= 4 is 43.5 Å². The third-order valence-corrected chi connectivity index (χ3v) is 5.94. The Kier molecular flexibility index (Phi) is 3.74. The highest BCUT2D eigenvalue weighted by Gasteiger charge is 2.49. The number of benzene rings is 2. The molecule has 0 saturated carbocycles. The second-order valence-corrected chi connectivity index (χ2v) is 8.40. The standard InChI is InChI=1S/C16H10N2O8S2/c19-15-9-5-1-3-7-11(9)17(27(21,22)23)13(15)14-16(20)10-6-2-4-8-12(10)18(14)28(24,25)26/h1-8H,(H,21,22,23)(H,24,25,26)/b14-13+. The minimum atomic E-state index is -5.12. The molecule has 144 valence electrons. The van der Waals surface area contributed by atoms with E-state index < -0.39 is 43.6 Å². The van der Waals surface area contributed by atoms with E-state index in [9.17, 15) is 35.5 Å². The lowest BCUT2D eigenvalue weighted by Crippen LogP contribution is -2.36. The summed E-state index contributed by atoms with van der Waals surface area (Å²) in [7, 11) is -10.2. The Bertz CT molecular complexity index is 1210. The molecular weight excluding hydrogens is 412 g/mol. The van der Waals surface area contributed by atoms with Crippen LogP contribution in [0, 0.1) is 0 Å². The number of rotatable bonds is 2. The van der Waals surface area contributed by atoms with Crippen LogP contribution in [0.25, 0.3) is 0 Å². The predicted octanol–water partition coefficient (Wildman–Crippen LogP) is 1.21. The number of fused-ring (bicyclic) bond motifs is 2. The summed E-state index contributed by atoms with van der Waals surface area (Å²) in [5.74, 6) is -2.00. The normalized spacial score (nSPS) is 19.2. The van der Waals surface area contributed by atoms with Gasteiger partial charge in [-0.3, -0.25) is 18.7 Å². The van der Waals surface area contributed by atoms with Crippen LogP contribution in [0.5, 0.6) is 0 Å². The highest BCUT2D eigenvalue weighted by molar-refractivity contribution is 7.88. The molecule has 28 heavy (non-hydrogen) atoms. The van der Waals surface area contributed by atoms with Gasteiger partial charge in [-0.15, -0.1) is 0 Å². The summed E-state index contributed by atoms with van der Waals surface area (Å²) in [6.07, 6.45) is 0. The maximum Gasteiger partial charge on any atom is 0.364 e. The van der Waals surface area contributed by atoms with E-state index in [-0.39, 0.29) is 31.1 Å². The summed E-state index contributed by atoms with van der Waals surface area (Å²) >= 11 is 0. The molecule has 2 heterocycles. The van der Waals surface area contributed by atoms with Crippen molar-refractivity contribution in [3.05, 3.63) is 71.1 Å². The second-order valence-electron chi connectivity index (χ2n) is 5.87. The highest BCUT2D eigenvalue weighted by atomic mass is 32.2. The number of allylic oxidation sites excluding steroid dienone is 2. The molecule has 12 heteroatoms. The fraction of sp³-hybridized carbons (Fsp3) is 0. The van der Waals surface area contributed by atoms with E-state index in [0.717, 1.165) is 0 Å². The van der Waals surface area contributed by atoms with Crippen LogP contribution in [0.1, 0.15) is 20.7 Å². The van der Waals surface area contributed by atoms with Gasteiger partial charge in [0, 0.05) is 11.1 Å². The van der Waals surface area contributed by atoms with Gasteiger partial charge in [-0.05, 0) is 24.3 Å². The molecule has 4 rings (SSSR count). The lowest BCUT2D eigenvalue weighted by atomic mass is 10.1. The number of anilines is 2. The monoisotopic (exact) mass is 422 g/mol. The molecule has 2 aliphatic rings. The third-order valence-electron chi connectivity index (χ3n) is 4.26. The maximum absolute atomic E-state index is 12.9. The molecule has 10 nitrogen and oxygen atoms in total. The van der Waals surface area contributed by atoms with Gasteiger partial charge < -0.3 is 0 Å². The molecule has 0 amide bonds. The summed E-state index contributed by atoms with van der Waals surface area (Å²) in [6, 6.07) is 10.6. The van der Waals surface area contributed by atoms with Crippen molar-refractivity contribution in [2.45, 2.75) is 0 Å². The minimum absolute atomic E-state index is 0.165. The average Bonchev–Trinajstić information content (AvgIpc) is 3.07. The van der Waals surface area contributed by atoms with Gasteiger partial charge in [0.05, 0.1) is 11.4 Å². The highest BCUT2D eigenvalue weighted by Crippen LogP contribution is 2.44. The van der Waals surface area contributed by atoms with Gasteiger partial charge in [0.1, 0.15) is 11.4 Å². The Morgan fingerprint density at radius 1 is 0.607 bits per heavy atom. The predicted molar refractivity (Wildman–Crippen MR) is 96.6 cm³/mol. The van der Waals surface area contributed by atoms with Crippen molar-refractivity contribution in [2.24, 2.45) is 0 Å². The van der Waals surface area contributed by atoms with Crippen LogP contribution in [0.4, 0.5) is 11.4 Å². The SMILES string of the molecule is O=C1/C(=C2/C(=O)c3ccccc3N2S(=O)(=O)O)N(S(=O)(=O)O)c2ccccc21. The second kappa shape index (κ2) is 5.72. The topological polar surface area (TPSA) is 149 Å². The fourth-order valence-electron chi connectivity index (χ4n) is 3.25. The first-order valence-corrected chi connectivity index (χ1v) is 10.4. The lowest BCUT2D eigenvalue weighted by molar-refractivity contribution is 0.101. The van der Waals surface area contributed by atoms with Crippen LogP contribution in [-0.2, 0) is 20.6 Å². The average molecular weight is 422 g/mol. The van der Waals surface area contributed by atoms with Crippen LogP contribution in [0.2, 0.25) is 0 Å². The Hall–Kier alpha value is -3.06. The van der Waals surface area contributed by atoms with E-state index in [1.165, 1.54) is 48.5 Å². The first-order valence-electron chi connectivity index (χ1n) is 7.60. The minimum Gasteiger partial charge on any atom is -0.287 e. The third kappa shape index (κ3) is 2.46. The molecule has 0 fully saturated rings. The first-order chi connectivity index (χ1) is 13.0. The van der Waals surface area contributed by atoms with E-state index in [0.29, 0.717) is 0 Å². The summed E-state index contributed by atoms with van der Waals surface area (Å²) in [6.45, 7) is 0. The van der Waals surface area contributed by atoms with Crippen molar-refractivity contribution in [2.75, 3.05) is 8.61 Å². The molecule has 0 radical (unpaired) electrons. The smallest absolute Gasteiger partial charge is 0.287 e. The number of para-hydroxylation sites is 2. The van der Waals surface area contributed by atoms with Crippen LogP contribution >= 0.6 is 0 Å². The fourth-order valence-corrected chi connectivity index (χ4v) is 4.87. The molecule has 2 aromatic carbocycles. The molecule has 0 saturated heterocycles. The molecule has 2 N–H and O–H groups in total. The van der Waals surface area contributed by atoms with Crippen molar-refractivity contribution in [3.63, 3.8) is 0 Å². The van der Waals surface area contributed by atoms with Crippen molar-refractivity contribution in [3.8, 4) is 0 Å². The molecule has 0 atom stereocenters. The Morgan fingerprint density at radius 2 is 0.929 bits per heavy atom. The summed E-state index contributed by atoms with van der Waals surface area (Å²) in [5.41, 5.74) is -2.64. The molecule has 0 spiro atoms. The number of carbonyl (C=O) groups excluding carboxylic acids is 2. The van der Waals surface area contributed by atoms with Crippen LogP contribution in [0.3, 0.4) is 0 Å². The van der Waals surface area contributed by atoms with Crippen molar-refractivity contribution < 1.29 is 35.5 Å². The van der Waals surface area contributed by atoms with E-state index in [1.54, 1.807) is 0 Å². The van der Waals surface area contributed by atoms with Gasteiger partial charge in [-0.25, -0.2) is 8.61 Å². The number of hydrogen-bond donors (Lipinski definition) is 2. The Labute approximate surface area is 159 Å². The molecule has 2 aliphatic heterocycles. The Morgan fingerprint density at radius 3 is 1.25 bits per heavy atom. The van der Waals surface area contributed by atoms with E-state index in [1.807, 2.05) is 0 Å². The van der Waals surface area contributed by atoms with E-state index in [4.69, 9.17) is 0 Å². The quantitative estimate of drug-likeness (QED) is 0.542. The van der Waals surface area contributed by atoms with Gasteiger partial charge in [0.25, 0.3) is 0 Å². The molecule has 0 aliphatic carbocycles. The number of nitrogens with zero attached hydrogens (tertiary/aromatic N) is 2. The first kappa shape index (κ1) is 18.3. The lowest BCUT2D eigenvalue weighted by Gasteiger charge is -2.21. The van der Waals surface area contributed by atoms with Crippen LogP contribution in [-0.4, -0.2) is 37.5 Å². The zero-order valence-corrected chi connectivity index (χ0v) is 15.3. The van der Waals surface area contributed by atoms with Crippen LogP contribution in [0.15, 0.2) is 59.9 Å². The van der Waals surface area contributed by atoms with Gasteiger partial charge in [-0.1, -0.05) is 24.3 Å². The zero-order valence-electron chi connectivity index (χ0n) is 13.7. The van der Waals surface area contributed by atoms with E-state index in [2.05, 4.69) is 0 Å². The van der Waals surface area contributed by atoms with Gasteiger partial charge in [0.2, 0.25) is 11.6 Å². The number of ketones is 2. The maximum atomic E-state index is 12.9. The summed E-state index contributed by atoms with van der Waals surface area (Å²) in [5, 5.41) is 0. The molecule has 0 bridgehead atoms. The van der Waals surface area contributed by atoms with E-state index >= 15 is 0 Å². The van der Waals surface area contributed by atoms with Gasteiger partial charge in [0.15, 0.2) is 0 Å². The largest absolute Gasteiger partial charge is 0.364 e. The Balaban J connectivity index is 2.13. The number of carbonyl (C=O) groups is 2. The zero-order chi connectivity index (χ0) is 20.4.